The van der Waals surface area contributed by atoms with Crippen molar-refractivity contribution in [2.75, 3.05) is 19.5 Å². The number of rotatable bonds is 4. The van der Waals surface area contributed by atoms with Crippen molar-refractivity contribution in [2.45, 2.75) is 6.92 Å². The van der Waals surface area contributed by atoms with Crippen LogP contribution < -0.4 is 15.2 Å². The minimum absolute atomic E-state index is 0.544. The number of nitrogens with zero attached hydrogens (tertiary/aromatic N) is 2. The maximum absolute atomic E-state index is 5.84. The van der Waals surface area contributed by atoms with Crippen LogP contribution in [0.4, 0.5) is 5.82 Å². The molecule has 0 aliphatic rings. The molecule has 0 bridgehead atoms. The van der Waals surface area contributed by atoms with Gasteiger partial charge in [0.2, 0.25) is 0 Å². The molecule has 6 heteroatoms. The van der Waals surface area contributed by atoms with E-state index in [4.69, 9.17) is 15.2 Å². The first-order valence-electron chi connectivity index (χ1n) is 5.87. The van der Waals surface area contributed by atoms with Gasteiger partial charge in [0.25, 0.3) is 0 Å². The van der Waals surface area contributed by atoms with Gasteiger partial charge >= 0.3 is 0 Å². The third-order valence-electron chi connectivity index (χ3n) is 2.75. The van der Waals surface area contributed by atoms with E-state index in [1.807, 2.05) is 25.1 Å². The largest absolute Gasteiger partial charge is 0.493 e. The van der Waals surface area contributed by atoms with E-state index in [0.29, 0.717) is 23.9 Å². The molecule has 0 saturated heterocycles. The van der Waals surface area contributed by atoms with E-state index in [0.717, 1.165) is 15.7 Å². The second kappa shape index (κ2) is 5.52. The molecule has 0 unspecified atom stereocenters. The Morgan fingerprint density at radius 1 is 1.42 bits per heavy atom. The highest BCUT2D eigenvalue weighted by atomic mass is 79.9. The molecule has 0 spiro atoms. The Kier molecular flexibility index (Phi) is 3.99. The van der Waals surface area contributed by atoms with Gasteiger partial charge in [-0.2, -0.15) is 5.10 Å². The van der Waals surface area contributed by atoms with E-state index in [1.165, 1.54) is 0 Å². The Labute approximate surface area is 120 Å². The van der Waals surface area contributed by atoms with Crippen LogP contribution in [0.15, 0.2) is 22.7 Å². The third-order valence-corrected chi connectivity index (χ3v) is 3.41. The number of hydrogen-bond acceptors (Lipinski definition) is 4. The van der Waals surface area contributed by atoms with Gasteiger partial charge in [-0.25, -0.2) is 0 Å². The lowest BCUT2D eigenvalue weighted by atomic mass is 10.1. The highest BCUT2D eigenvalue weighted by Crippen LogP contribution is 2.42. The van der Waals surface area contributed by atoms with Gasteiger partial charge < -0.3 is 15.2 Å². The van der Waals surface area contributed by atoms with E-state index in [-0.39, 0.29) is 0 Å². The number of aryl methyl sites for hydroxylation is 1. The molecule has 0 amide bonds. The number of benzene rings is 1. The monoisotopic (exact) mass is 325 g/mol. The van der Waals surface area contributed by atoms with Crippen molar-refractivity contribution >= 4 is 21.7 Å². The standard InChI is InChI=1S/C13H16BrN3O2/c1-4-19-13-10(18-3)6-5-8(14)12(13)9-7-11(15)17(2)16-9/h5-7H,4,15H2,1-3H3. The minimum Gasteiger partial charge on any atom is -0.493 e. The summed E-state index contributed by atoms with van der Waals surface area (Å²) in [6.45, 7) is 2.47. The number of halogens is 1. The van der Waals surface area contributed by atoms with Gasteiger partial charge in [0.05, 0.1) is 25.0 Å². The molecule has 0 atom stereocenters. The molecule has 0 fully saturated rings. The van der Waals surface area contributed by atoms with Gasteiger partial charge in [0.1, 0.15) is 5.82 Å². The average Bonchev–Trinajstić information content (AvgIpc) is 2.70. The van der Waals surface area contributed by atoms with E-state index < -0.39 is 0 Å². The number of nitrogen functional groups attached to an aromatic ring is 1. The van der Waals surface area contributed by atoms with Crippen LogP contribution in [0.5, 0.6) is 11.5 Å². The summed E-state index contributed by atoms with van der Waals surface area (Å²) in [5, 5.41) is 4.39. The Bertz CT molecular complexity index is 576. The van der Waals surface area contributed by atoms with E-state index in [2.05, 4.69) is 21.0 Å². The molecule has 2 rings (SSSR count). The van der Waals surface area contributed by atoms with Crippen LogP contribution in [0.25, 0.3) is 11.3 Å². The fraction of sp³-hybridized carbons (Fsp3) is 0.308. The second-order valence-electron chi connectivity index (χ2n) is 3.96. The summed E-state index contributed by atoms with van der Waals surface area (Å²) in [4.78, 5) is 0. The van der Waals surface area contributed by atoms with Crippen molar-refractivity contribution < 1.29 is 9.47 Å². The van der Waals surface area contributed by atoms with E-state index >= 15 is 0 Å². The smallest absolute Gasteiger partial charge is 0.171 e. The molecule has 2 aromatic rings. The van der Waals surface area contributed by atoms with Gasteiger partial charge in [-0.3, -0.25) is 4.68 Å². The molecule has 102 valence electrons. The quantitative estimate of drug-likeness (QED) is 0.938. The minimum atomic E-state index is 0.544. The first-order chi connectivity index (χ1) is 9.08. The highest BCUT2D eigenvalue weighted by Gasteiger charge is 2.18. The molecule has 0 radical (unpaired) electrons. The van der Waals surface area contributed by atoms with Crippen molar-refractivity contribution in [2.24, 2.45) is 7.05 Å². The van der Waals surface area contributed by atoms with Crippen molar-refractivity contribution in [3.8, 4) is 22.8 Å². The second-order valence-corrected chi connectivity index (χ2v) is 4.82. The van der Waals surface area contributed by atoms with Crippen LogP contribution in [0.1, 0.15) is 6.92 Å². The SMILES string of the molecule is CCOc1c(OC)ccc(Br)c1-c1cc(N)n(C)n1. The summed E-state index contributed by atoms with van der Waals surface area (Å²) in [7, 11) is 3.41. The molecular formula is C13H16BrN3O2. The molecule has 19 heavy (non-hydrogen) atoms. The zero-order chi connectivity index (χ0) is 14.0. The predicted molar refractivity (Wildman–Crippen MR) is 78.5 cm³/mol. The summed E-state index contributed by atoms with van der Waals surface area (Å²) in [6, 6.07) is 5.56. The van der Waals surface area contributed by atoms with Crippen molar-refractivity contribution in [1.82, 2.24) is 9.78 Å². The number of anilines is 1. The maximum atomic E-state index is 5.84. The van der Waals surface area contributed by atoms with Gasteiger partial charge in [0, 0.05) is 17.6 Å². The molecule has 1 aromatic heterocycles. The molecule has 0 aliphatic carbocycles. The number of nitrogens with two attached hydrogens (primary N) is 1. The first-order valence-corrected chi connectivity index (χ1v) is 6.67. The fourth-order valence-corrected chi connectivity index (χ4v) is 2.35. The van der Waals surface area contributed by atoms with Crippen LogP contribution in [-0.2, 0) is 7.05 Å². The normalized spacial score (nSPS) is 10.5. The molecule has 0 saturated carbocycles. The molecular weight excluding hydrogens is 310 g/mol. The van der Waals surface area contributed by atoms with Crippen LogP contribution in [-0.4, -0.2) is 23.5 Å². The van der Waals surface area contributed by atoms with E-state index in [1.54, 1.807) is 18.8 Å². The molecule has 1 heterocycles. The molecule has 0 aliphatic heterocycles. The van der Waals surface area contributed by atoms with Gasteiger partial charge in [-0.05, 0) is 35.0 Å². The van der Waals surface area contributed by atoms with Gasteiger partial charge in [-0.15, -0.1) is 0 Å². The van der Waals surface area contributed by atoms with Crippen LogP contribution in [0, 0.1) is 0 Å². The predicted octanol–water partition coefficient (Wildman–Crippen LogP) is 2.84. The Morgan fingerprint density at radius 3 is 2.68 bits per heavy atom. The summed E-state index contributed by atoms with van der Waals surface area (Å²) in [6.07, 6.45) is 0. The van der Waals surface area contributed by atoms with Crippen LogP contribution in [0.2, 0.25) is 0 Å². The topological polar surface area (TPSA) is 62.3 Å². The van der Waals surface area contributed by atoms with Crippen LogP contribution in [0.3, 0.4) is 0 Å². The lowest BCUT2D eigenvalue weighted by molar-refractivity contribution is 0.312. The maximum Gasteiger partial charge on any atom is 0.171 e. The summed E-state index contributed by atoms with van der Waals surface area (Å²) >= 11 is 3.53. The number of methoxy groups -OCH3 is 1. The first kappa shape index (κ1) is 13.7. The van der Waals surface area contributed by atoms with Crippen LogP contribution >= 0.6 is 15.9 Å². The molecule has 2 N–H and O–H groups in total. The van der Waals surface area contributed by atoms with E-state index in [9.17, 15) is 0 Å². The lowest BCUT2D eigenvalue weighted by Crippen LogP contribution is -1.99. The average molecular weight is 326 g/mol. The van der Waals surface area contributed by atoms with Crippen molar-refractivity contribution in [3.05, 3.63) is 22.7 Å². The summed E-state index contributed by atoms with van der Waals surface area (Å²) in [5.41, 5.74) is 7.42. The fourth-order valence-electron chi connectivity index (χ4n) is 1.83. The third kappa shape index (κ3) is 2.53. The zero-order valence-corrected chi connectivity index (χ0v) is 12.7. The number of hydrogen-bond donors (Lipinski definition) is 1. The van der Waals surface area contributed by atoms with Gasteiger partial charge in [-0.1, -0.05) is 0 Å². The Morgan fingerprint density at radius 2 is 2.16 bits per heavy atom. The number of aromatic nitrogens is 2. The lowest BCUT2D eigenvalue weighted by Gasteiger charge is -2.14. The van der Waals surface area contributed by atoms with Gasteiger partial charge in [0.15, 0.2) is 11.5 Å². The highest BCUT2D eigenvalue weighted by molar-refractivity contribution is 9.10. The van der Waals surface area contributed by atoms with Crippen molar-refractivity contribution in [3.63, 3.8) is 0 Å². The zero-order valence-electron chi connectivity index (χ0n) is 11.1. The summed E-state index contributed by atoms with van der Waals surface area (Å²) in [5.74, 6) is 1.92. The Balaban J connectivity index is 2.66. The summed E-state index contributed by atoms with van der Waals surface area (Å²) < 4.78 is 13.5. The number of ether oxygens (including phenoxy) is 2. The Hall–Kier alpha value is -1.69. The van der Waals surface area contributed by atoms with Crippen molar-refractivity contribution in [1.29, 1.82) is 0 Å². The molecule has 1 aromatic carbocycles. The molecule has 5 nitrogen and oxygen atoms in total.